The molecule has 110 valence electrons. The van der Waals surface area contributed by atoms with E-state index in [1.165, 1.54) is 0 Å². The fraction of sp³-hybridized carbons (Fsp3) is 0.429. The van der Waals surface area contributed by atoms with E-state index >= 15 is 0 Å². The summed E-state index contributed by atoms with van der Waals surface area (Å²) in [5.74, 6) is -0.882. The Morgan fingerprint density at radius 1 is 1.15 bits per heavy atom. The summed E-state index contributed by atoms with van der Waals surface area (Å²) in [5.41, 5.74) is 0.930. The van der Waals surface area contributed by atoms with Gasteiger partial charge in [-0.25, -0.2) is 4.79 Å². The third-order valence-electron chi connectivity index (χ3n) is 2.41. The maximum absolute atomic E-state index is 11.3. The predicted molar refractivity (Wildman–Crippen MR) is 72.3 cm³/mol. The van der Waals surface area contributed by atoms with E-state index in [2.05, 4.69) is 5.32 Å². The van der Waals surface area contributed by atoms with Crippen molar-refractivity contribution in [3.63, 3.8) is 0 Å². The fourth-order valence-corrected chi connectivity index (χ4v) is 1.40. The van der Waals surface area contributed by atoms with Gasteiger partial charge in [-0.15, -0.1) is 0 Å². The number of nitrogens with one attached hydrogen (secondary N) is 1. The number of amides is 1. The average Bonchev–Trinajstić information content (AvgIpc) is 2.45. The van der Waals surface area contributed by atoms with Crippen LogP contribution in [0, 0.1) is 0 Å². The van der Waals surface area contributed by atoms with E-state index in [0.717, 1.165) is 5.56 Å². The minimum Gasteiger partial charge on any atom is -0.481 e. The molecule has 1 rings (SSSR count). The van der Waals surface area contributed by atoms with Crippen LogP contribution in [-0.2, 0) is 20.9 Å². The number of benzene rings is 1. The van der Waals surface area contributed by atoms with E-state index in [9.17, 15) is 9.59 Å². The van der Waals surface area contributed by atoms with Crippen molar-refractivity contribution in [3.05, 3.63) is 35.9 Å². The van der Waals surface area contributed by atoms with Crippen LogP contribution >= 0.6 is 0 Å². The maximum atomic E-state index is 11.3. The van der Waals surface area contributed by atoms with Crippen molar-refractivity contribution in [2.24, 2.45) is 0 Å². The molecule has 0 spiro atoms. The smallest absolute Gasteiger partial charge is 0.407 e. The second-order valence-corrected chi connectivity index (χ2v) is 4.10. The molecule has 0 fully saturated rings. The molecule has 20 heavy (non-hydrogen) atoms. The van der Waals surface area contributed by atoms with Gasteiger partial charge in [0.05, 0.1) is 13.0 Å². The molecule has 0 heterocycles. The summed E-state index contributed by atoms with van der Waals surface area (Å²) in [4.78, 5) is 21.6. The van der Waals surface area contributed by atoms with Crippen molar-refractivity contribution in [3.8, 4) is 0 Å². The van der Waals surface area contributed by atoms with Crippen molar-refractivity contribution in [1.82, 2.24) is 5.32 Å². The summed E-state index contributed by atoms with van der Waals surface area (Å²) in [6.07, 6.45) is 0.131. The first kappa shape index (κ1) is 16.0. The molecule has 0 aromatic heterocycles. The third kappa shape index (κ3) is 8.10. The zero-order chi connectivity index (χ0) is 14.6. The summed E-state index contributed by atoms with van der Waals surface area (Å²) in [6.45, 7) is 1.27. The van der Waals surface area contributed by atoms with Crippen LogP contribution in [0.15, 0.2) is 30.3 Å². The van der Waals surface area contributed by atoms with Gasteiger partial charge in [-0.1, -0.05) is 30.3 Å². The van der Waals surface area contributed by atoms with Crippen LogP contribution < -0.4 is 5.32 Å². The number of aliphatic carboxylic acids is 1. The molecule has 0 aliphatic carbocycles. The van der Waals surface area contributed by atoms with Crippen molar-refractivity contribution in [2.45, 2.75) is 19.4 Å². The molecule has 0 bridgehead atoms. The molecule has 1 aromatic rings. The van der Waals surface area contributed by atoms with Crippen molar-refractivity contribution in [2.75, 3.05) is 19.8 Å². The van der Waals surface area contributed by atoms with Gasteiger partial charge in [0.15, 0.2) is 0 Å². The highest BCUT2D eigenvalue weighted by molar-refractivity contribution is 5.67. The zero-order valence-corrected chi connectivity index (χ0v) is 11.2. The molecular formula is C14H19NO5. The van der Waals surface area contributed by atoms with E-state index in [1.54, 1.807) is 0 Å². The molecular weight excluding hydrogens is 262 g/mol. The highest BCUT2D eigenvalue weighted by atomic mass is 16.5. The standard InChI is InChI=1S/C14H19NO5/c16-13(17)7-10-19-9-4-8-15-14(18)20-11-12-5-2-1-3-6-12/h1-3,5-6H,4,7-11H2,(H,15,18)(H,16,17). The Morgan fingerprint density at radius 3 is 2.60 bits per heavy atom. The topological polar surface area (TPSA) is 84.9 Å². The molecule has 0 atom stereocenters. The van der Waals surface area contributed by atoms with Crippen LogP contribution in [0.4, 0.5) is 4.79 Å². The largest absolute Gasteiger partial charge is 0.481 e. The first-order valence-corrected chi connectivity index (χ1v) is 6.42. The van der Waals surface area contributed by atoms with Crippen LogP contribution in [0.5, 0.6) is 0 Å². The van der Waals surface area contributed by atoms with Gasteiger partial charge in [-0.3, -0.25) is 4.79 Å². The molecule has 0 aliphatic heterocycles. The van der Waals surface area contributed by atoms with Gasteiger partial charge in [0, 0.05) is 13.2 Å². The lowest BCUT2D eigenvalue weighted by Crippen LogP contribution is -2.26. The second kappa shape index (κ2) is 9.80. The monoisotopic (exact) mass is 281 g/mol. The molecule has 0 aliphatic rings. The predicted octanol–water partition coefficient (Wildman–Crippen LogP) is 1.79. The van der Waals surface area contributed by atoms with Crippen LogP contribution in [0.25, 0.3) is 0 Å². The Labute approximate surface area is 117 Å². The molecule has 0 unspecified atom stereocenters. The van der Waals surface area contributed by atoms with Gasteiger partial charge in [-0.05, 0) is 12.0 Å². The van der Waals surface area contributed by atoms with Gasteiger partial charge in [0.25, 0.3) is 0 Å². The lowest BCUT2D eigenvalue weighted by Gasteiger charge is -2.07. The number of hydrogen-bond acceptors (Lipinski definition) is 4. The molecule has 6 heteroatoms. The zero-order valence-electron chi connectivity index (χ0n) is 11.2. The van der Waals surface area contributed by atoms with Gasteiger partial charge in [-0.2, -0.15) is 0 Å². The van der Waals surface area contributed by atoms with Crippen molar-refractivity contribution in [1.29, 1.82) is 0 Å². The summed E-state index contributed by atoms with van der Waals surface area (Å²) < 4.78 is 10.1. The van der Waals surface area contributed by atoms with Gasteiger partial charge >= 0.3 is 12.1 Å². The second-order valence-electron chi connectivity index (χ2n) is 4.10. The van der Waals surface area contributed by atoms with E-state index in [0.29, 0.717) is 19.6 Å². The fourth-order valence-electron chi connectivity index (χ4n) is 1.40. The Kier molecular flexibility index (Phi) is 7.83. The Bertz CT molecular complexity index is 407. The van der Waals surface area contributed by atoms with Crippen LogP contribution in [0.2, 0.25) is 0 Å². The quantitative estimate of drug-likeness (QED) is 0.674. The molecule has 6 nitrogen and oxygen atoms in total. The number of ether oxygens (including phenoxy) is 2. The number of hydrogen-bond donors (Lipinski definition) is 2. The molecule has 1 amide bonds. The number of carboxylic acid groups (broad SMARTS) is 1. The van der Waals surface area contributed by atoms with E-state index in [1.807, 2.05) is 30.3 Å². The highest BCUT2D eigenvalue weighted by Gasteiger charge is 2.01. The number of carbonyl (C=O) groups is 2. The minimum atomic E-state index is -0.882. The molecule has 0 saturated heterocycles. The molecule has 1 aromatic carbocycles. The van der Waals surface area contributed by atoms with Crippen LogP contribution in [0.3, 0.4) is 0 Å². The molecule has 2 N–H and O–H groups in total. The number of carboxylic acids is 1. The highest BCUT2D eigenvalue weighted by Crippen LogP contribution is 2.00. The van der Waals surface area contributed by atoms with E-state index in [-0.39, 0.29) is 19.6 Å². The van der Waals surface area contributed by atoms with Gasteiger partial charge in [0.2, 0.25) is 0 Å². The van der Waals surface area contributed by atoms with Gasteiger partial charge < -0.3 is 19.9 Å². The van der Waals surface area contributed by atoms with E-state index < -0.39 is 12.1 Å². The van der Waals surface area contributed by atoms with Crippen molar-refractivity contribution >= 4 is 12.1 Å². The van der Waals surface area contributed by atoms with Crippen LogP contribution in [0.1, 0.15) is 18.4 Å². The van der Waals surface area contributed by atoms with Crippen molar-refractivity contribution < 1.29 is 24.2 Å². The average molecular weight is 281 g/mol. The Balaban J connectivity index is 1.96. The number of rotatable bonds is 9. The Hall–Kier alpha value is -2.08. The molecule has 0 saturated carbocycles. The van der Waals surface area contributed by atoms with Gasteiger partial charge in [0.1, 0.15) is 6.61 Å². The number of carbonyl (C=O) groups excluding carboxylic acids is 1. The normalized spacial score (nSPS) is 10.0. The summed E-state index contributed by atoms with van der Waals surface area (Å²) in [5, 5.41) is 11.0. The first-order chi connectivity index (χ1) is 9.68. The van der Waals surface area contributed by atoms with E-state index in [4.69, 9.17) is 14.6 Å². The van der Waals surface area contributed by atoms with Crippen LogP contribution in [-0.4, -0.2) is 36.9 Å². The number of alkyl carbamates (subject to hydrolysis) is 1. The third-order valence-corrected chi connectivity index (χ3v) is 2.41. The lowest BCUT2D eigenvalue weighted by atomic mass is 10.2. The summed E-state index contributed by atoms with van der Waals surface area (Å²) in [7, 11) is 0. The maximum Gasteiger partial charge on any atom is 0.407 e. The SMILES string of the molecule is O=C(O)CCOCCCNC(=O)OCc1ccccc1. The lowest BCUT2D eigenvalue weighted by molar-refractivity contribution is -0.138. The Morgan fingerprint density at radius 2 is 1.90 bits per heavy atom. The summed E-state index contributed by atoms with van der Waals surface area (Å²) in [6, 6.07) is 9.41. The first-order valence-electron chi connectivity index (χ1n) is 6.42. The summed E-state index contributed by atoms with van der Waals surface area (Å²) >= 11 is 0. The minimum absolute atomic E-state index is 0.00739. The molecule has 0 radical (unpaired) electrons.